The first-order valence-electron chi connectivity index (χ1n) is 14.0. The fourth-order valence-electron chi connectivity index (χ4n) is 5.59. The maximum Gasteiger partial charge on any atom is 0.416 e. The summed E-state index contributed by atoms with van der Waals surface area (Å²) in [5.74, 6) is -0.659. The first kappa shape index (κ1) is 29.4. The number of likely N-dealkylation sites (tertiary alicyclic amines) is 1. The number of hydrogen-bond acceptors (Lipinski definition) is 7. The summed E-state index contributed by atoms with van der Waals surface area (Å²) in [7, 11) is 0. The van der Waals surface area contributed by atoms with Gasteiger partial charge in [-0.05, 0) is 42.4 Å². The van der Waals surface area contributed by atoms with E-state index < -0.39 is 23.1 Å². The number of amides is 1. The second kappa shape index (κ2) is 11.0. The third kappa shape index (κ3) is 5.79. The van der Waals surface area contributed by atoms with Crippen molar-refractivity contribution in [2.24, 2.45) is 11.3 Å². The van der Waals surface area contributed by atoms with Gasteiger partial charge in [-0.25, -0.2) is 9.50 Å². The molecule has 1 aliphatic heterocycles. The van der Waals surface area contributed by atoms with Crippen LogP contribution in [0.3, 0.4) is 0 Å². The van der Waals surface area contributed by atoms with Gasteiger partial charge in [0.1, 0.15) is 5.69 Å². The number of hydrogen-bond donors (Lipinski definition) is 0. The highest BCUT2D eigenvalue weighted by atomic mass is 19.4. The Hall–Kier alpha value is -4.09. The fourth-order valence-corrected chi connectivity index (χ4v) is 5.59. The lowest BCUT2D eigenvalue weighted by molar-refractivity contribution is -0.137. The third-order valence-corrected chi connectivity index (χ3v) is 7.86. The number of aryl methyl sites for hydroxylation is 1. The molecule has 4 aromatic rings. The Morgan fingerprint density at radius 2 is 1.81 bits per heavy atom. The summed E-state index contributed by atoms with van der Waals surface area (Å²) in [5, 5.41) is 12.2. The predicted octanol–water partition coefficient (Wildman–Crippen LogP) is 6.38. The van der Waals surface area contributed by atoms with Crippen LogP contribution < -0.4 is 0 Å². The van der Waals surface area contributed by atoms with Crippen LogP contribution in [0.2, 0.25) is 0 Å². The van der Waals surface area contributed by atoms with Crippen LogP contribution in [0.25, 0.3) is 16.9 Å². The highest BCUT2D eigenvalue weighted by Gasteiger charge is 2.40. The second-order valence-corrected chi connectivity index (χ2v) is 11.9. The zero-order valence-electron chi connectivity index (χ0n) is 24.2. The van der Waals surface area contributed by atoms with Gasteiger partial charge < -0.3 is 9.32 Å². The number of benzene rings is 1. The molecule has 9 nitrogen and oxygen atoms in total. The highest BCUT2D eigenvalue weighted by molar-refractivity contribution is 5.97. The fraction of sp³-hybridized carbons (Fsp3) is 0.467. The minimum Gasteiger partial charge on any atom is -0.417 e. The Morgan fingerprint density at radius 1 is 1.10 bits per heavy atom. The minimum atomic E-state index is -4.43. The Labute approximate surface area is 241 Å². The molecule has 4 heterocycles. The number of carbonyl (C=O) groups is 2. The molecule has 12 heteroatoms. The van der Waals surface area contributed by atoms with Gasteiger partial charge in [0, 0.05) is 37.1 Å². The van der Waals surface area contributed by atoms with E-state index in [4.69, 9.17) is 9.40 Å². The SMILES string of the molecule is Cc1nnc(C(=O)N2CCCCC(C(=O)c3cn4nc(-c5ccc(C(F)(F)F)cc5)cc(C(C)C)c4n3)C(C)(C)C2)o1. The molecule has 1 aromatic carbocycles. The molecule has 0 radical (unpaired) electrons. The molecule has 1 saturated heterocycles. The van der Waals surface area contributed by atoms with Gasteiger partial charge in [0.25, 0.3) is 0 Å². The maximum absolute atomic E-state index is 14.0. The Balaban J connectivity index is 1.46. The van der Waals surface area contributed by atoms with Crippen LogP contribution in [0, 0.1) is 18.3 Å². The van der Waals surface area contributed by atoms with Gasteiger partial charge in [-0.3, -0.25) is 9.59 Å². The van der Waals surface area contributed by atoms with Crippen LogP contribution in [0.1, 0.15) is 91.1 Å². The molecule has 1 fully saturated rings. The van der Waals surface area contributed by atoms with Crippen LogP contribution in [0.5, 0.6) is 0 Å². The molecule has 42 heavy (non-hydrogen) atoms. The summed E-state index contributed by atoms with van der Waals surface area (Å²) in [6.45, 7) is 10.4. The van der Waals surface area contributed by atoms with E-state index in [0.717, 1.165) is 30.5 Å². The normalized spacial score (nSPS) is 17.8. The number of fused-ring (bicyclic) bond motifs is 1. The number of rotatable bonds is 5. The molecule has 5 rings (SSSR count). The van der Waals surface area contributed by atoms with Crippen LogP contribution in [0.4, 0.5) is 13.2 Å². The van der Waals surface area contributed by atoms with Crippen molar-refractivity contribution < 1.29 is 27.2 Å². The van der Waals surface area contributed by atoms with E-state index in [2.05, 4.69) is 15.3 Å². The van der Waals surface area contributed by atoms with Gasteiger partial charge in [0.05, 0.1) is 17.5 Å². The summed E-state index contributed by atoms with van der Waals surface area (Å²) in [4.78, 5) is 33.5. The maximum atomic E-state index is 14.0. The largest absolute Gasteiger partial charge is 0.417 e. The average Bonchev–Trinajstić information content (AvgIpc) is 3.55. The van der Waals surface area contributed by atoms with E-state index in [0.29, 0.717) is 42.3 Å². The molecule has 1 amide bonds. The van der Waals surface area contributed by atoms with Crippen molar-refractivity contribution in [2.75, 3.05) is 13.1 Å². The molecule has 0 spiro atoms. The third-order valence-electron chi connectivity index (χ3n) is 7.86. The summed E-state index contributed by atoms with van der Waals surface area (Å²) >= 11 is 0. The summed E-state index contributed by atoms with van der Waals surface area (Å²) < 4.78 is 46.2. The molecule has 0 aliphatic carbocycles. The first-order valence-corrected chi connectivity index (χ1v) is 14.0. The Morgan fingerprint density at radius 3 is 2.43 bits per heavy atom. The number of imidazole rings is 1. The van der Waals surface area contributed by atoms with Gasteiger partial charge >= 0.3 is 18.0 Å². The topological polar surface area (TPSA) is 106 Å². The monoisotopic (exact) mass is 582 g/mol. The van der Waals surface area contributed by atoms with Crippen LogP contribution in [-0.4, -0.2) is 54.5 Å². The highest BCUT2D eigenvalue weighted by Crippen LogP contribution is 2.37. The minimum absolute atomic E-state index is 0.0137. The van der Waals surface area contributed by atoms with E-state index in [1.165, 1.54) is 12.1 Å². The quantitative estimate of drug-likeness (QED) is 0.251. The molecule has 1 aliphatic rings. The van der Waals surface area contributed by atoms with Crippen molar-refractivity contribution in [1.29, 1.82) is 0 Å². The molecular weight excluding hydrogens is 549 g/mol. The van der Waals surface area contributed by atoms with E-state index in [-0.39, 0.29) is 29.2 Å². The lowest BCUT2D eigenvalue weighted by atomic mass is 9.72. The van der Waals surface area contributed by atoms with Crippen molar-refractivity contribution in [3.05, 3.63) is 65.1 Å². The summed E-state index contributed by atoms with van der Waals surface area (Å²) in [6.07, 6.45) is -0.731. The van der Waals surface area contributed by atoms with E-state index in [1.807, 2.05) is 33.8 Å². The van der Waals surface area contributed by atoms with Crippen molar-refractivity contribution in [3.8, 4) is 11.3 Å². The zero-order valence-corrected chi connectivity index (χ0v) is 24.2. The van der Waals surface area contributed by atoms with Gasteiger partial charge in [-0.2, -0.15) is 18.3 Å². The lowest BCUT2D eigenvalue weighted by Gasteiger charge is -2.39. The number of carbonyl (C=O) groups excluding carboxylic acids is 2. The summed E-state index contributed by atoms with van der Waals surface area (Å²) in [6, 6.07) is 6.66. The van der Waals surface area contributed by atoms with Crippen LogP contribution in [0.15, 0.2) is 40.9 Å². The van der Waals surface area contributed by atoms with E-state index in [1.54, 1.807) is 22.5 Å². The Kier molecular flexibility index (Phi) is 7.67. The van der Waals surface area contributed by atoms with E-state index >= 15 is 0 Å². The van der Waals surface area contributed by atoms with Crippen molar-refractivity contribution in [3.63, 3.8) is 0 Å². The average molecular weight is 583 g/mol. The molecule has 222 valence electrons. The molecule has 1 unspecified atom stereocenters. The van der Waals surface area contributed by atoms with Crippen molar-refractivity contribution in [1.82, 2.24) is 29.7 Å². The molecule has 0 N–H and O–H groups in total. The molecular formula is C30H33F3N6O3. The smallest absolute Gasteiger partial charge is 0.416 e. The number of aromatic nitrogens is 5. The number of ketones is 1. The Bertz CT molecular complexity index is 1620. The van der Waals surface area contributed by atoms with Gasteiger partial charge in [-0.1, -0.05) is 46.2 Å². The van der Waals surface area contributed by atoms with Crippen LogP contribution >= 0.6 is 0 Å². The second-order valence-electron chi connectivity index (χ2n) is 11.9. The van der Waals surface area contributed by atoms with Gasteiger partial charge in [0.2, 0.25) is 5.89 Å². The number of nitrogens with zero attached hydrogens (tertiary/aromatic N) is 6. The molecule has 1 atom stereocenters. The van der Waals surface area contributed by atoms with E-state index in [9.17, 15) is 22.8 Å². The number of Topliss-reactive ketones (excluding diaryl/α,β-unsaturated/α-hetero) is 1. The standard InChI is InChI=1S/C30H33F3N6O3/c1-17(2)21-14-23(19-9-11-20(12-10-19)30(31,32)33)37-39-15-24(34-26(21)39)25(40)22-8-6-7-13-38(16-29(22,4)5)28(41)27-36-35-18(3)42-27/h9-12,14-15,17,22H,6-8,13,16H2,1-5H3. The number of halogens is 3. The number of alkyl halides is 3. The molecule has 0 saturated carbocycles. The summed E-state index contributed by atoms with van der Waals surface area (Å²) in [5.41, 5.74) is 1.29. The van der Waals surface area contributed by atoms with Crippen molar-refractivity contribution >= 4 is 17.3 Å². The van der Waals surface area contributed by atoms with Gasteiger partial charge in [-0.15, -0.1) is 10.2 Å². The predicted molar refractivity (Wildman–Crippen MR) is 148 cm³/mol. The lowest BCUT2D eigenvalue weighted by Crippen LogP contribution is -2.46. The molecule has 0 bridgehead atoms. The zero-order chi connectivity index (χ0) is 30.4. The van der Waals surface area contributed by atoms with Crippen molar-refractivity contribution in [2.45, 2.75) is 66.0 Å². The van der Waals surface area contributed by atoms with Crippen LogP contribution in [-0.2, 0) is 6.18 Å². The first-order chi connectivity index (χ1) is 19.7. The van der Waals surface area contributed by atoms with Gasteiger partial charge in [0.15, 0.2) is 11.4 Å². The molecule has 3 aromatic heterocycles.